The molecule has 1 amide bonds. The number of nitrogens with zero attached hydrogens (tertiary/aromatic N) is 6. The van der Waals surface area contributed by atoms with Crippen LogP contribution in [0.15, 0.2) is 39.9 Å². The highest BCUT2D eigenvalue weighted by Crippen LogP contribution is 2.17. The molecule has 1 saturated heterocycles. The Morgan fingerprint density at radius 1 is 1.24 bits per heavy atom. The van der Waals surface area contributed by atoms with Gasteiger partial charge in [0, 0.05) is 63.9 Å². The highest BCUT2D eigenvalue weighted by Gasteiger charge is 2.20. The van der Waals surface area contributed by atoms with Crippen LogP contribution in [-0.2, 0) is 24.3 Å². The van der Waals surface area contributed by atoms with Crippen LogP contribution in [0.3, 0.4) is 0 Å². The number of rotatable bonds is 7. The Morgan fingerprint density at radius 2 is 2.17 bits per heavy atom. The summed E-state index contributed by atoms with van der Waals surface area (Å²) < 4.78 is 12.2. The summed E-state index contributed by atoms with van der Waals surface area (Å²) in [5.74, 6) is 1.09. The molecule has 9 heteroatoms. The summed E-state index contributed by atoms with van der Waals surface area (Å²) in [7, 11) is 0. The summed E-state index contributed by atoms with van der Waals surface area (Å²) in [6.07, 6.45) is 8.94. The van der Waals surface area contributed by atoms with Gasteiger partial charge in [-0.3, -0.25) is 14.4 Å². The molecule has 0 atom stereocenters. The van der Waals surface area contributed by atoms with Gasteiger partial charge in [0.2, 0.25) is 17.6 Å². The smallest absolute Gasteiger partial charge is 0.227 e. The maximum absolute atomic E-state index is 12.7. The number of aryl methyl sites for hydroxylation is 2. The molecule has 0 aromatic carbocycles. The van der Waals surface area contributed by atoms with E-state index in [2.05, 4.69) is 33.3 Å². The molecule has 4 heterocycles. The van der Waals surface area contributed by atoms with E-state index in [0.29, 0.717) is 24.6 Å². The fourth-order valence-electron chi connectivity index (χ4n) is 3.53. The molecule has 4 rings (SSSR count). The van der Waals surface area contributed by atoms with E-state index in [1.54, 1.807) is 18.6 Å². The molecule has 0 N–H and O–H groups in total. The zero-order valence-corrected chi connectivity index (χ0v) is 16.7. The van der Waals surface area contributed by atoms with Gasteiger partial charge in [0.25, 0.3) is 0 Å². The second-order valence-corrected chi connectivity index (χ2v) is 7.24. The number of hydrogen-bond donors (Lipinski definition) is 0. The highest BCUT2D eigenvalue weighted by molar-refractivity contribution is 5.76. The maximum atomic E-state index is 12.7. The Morgan fingerprint density at radius 3 is 2.97 bits per heavy atom. The number of carbonyl (C=O) groups excluding carboxylic acids is 1. The second-order valence-electron chi connectivity index (χ2n) is 7.24. The molecule has 0 spiro atoms. The molecule has 3 aromatic heterocycles. The van der Waals surface area contributed by atoms with E-state index in [4.69, 9.17) is 8.94 Å². The van der Waals surface area contributed by atoms with Gasteiger partial charge in [-0.05, 0) is 19.4 Å². The summed E-state index contributed by atoms with van der Waals surface area (Å²) >= 11 is 0. The fraction of sp³-hybridized carbons (Fsp3) is 0.500. The number of hydrogen-bond acceptors (Lipinski definition) is 7. The third kappa shape index (κ3) is 4.92. The van der Waals surface area contributed by atoms with Crippen LogP contribution in [0.4, 0.5) is 0 Å². The molecule has 1 aliphatic heterocycles. The number of carbonyl (C=O) groups is 1. The zero-order chi connectivity index (χ0) is 20.1. The number of aromatic nitrogens is 4. The lowest BCUT2D eigenvalue weighted by Gasteiger charge is -2.21. The third-order valence-electron chi connectivity index (χ3n) is 5.16. The quantitative estimate of drug-likeness (QED) is 0.602. The fourth-order valence-corrected chi connectivity index (χ4v) is 3.53. The molecule has 0 bridgehead atoms. The van der Waals surface area contributed by atoms with Crippen molar-refractivity contribution in [2.24, 2.45) is 0 Å². The van der Waals surface area contributed by atoms with Gasteiger partial charge in [0.15, 0.2) is 0 Å². The van der Waals surface area contributed by atoms with Crippen molar-refractivity contribution in [3.63, 3.8) is 0 Å². The average molecular weight is 398 g/mol. The first-order valence-electron chi connectivity index (χ1n) is 10.1. The Balaban J connectivity index is 1.25. The lowest BCUT2D eigenvalue weighted by atomic mass is 10.2. The molecule has 3 aromatic rings. The second kappa shape index (κ2) is 9.04. The standard InChI is InChI=1S/C20H26N6O3/c1-2-26-14-16(12-21-26)13-24-7-3-8-25(10-9-24)19(27)5-4-18-22-20(23-29-18)17-6-11-28-15-17/h6,11-12,14-15H,2-5,7-10,13H2,1H3. The topological polar surface area (TPSA) is 93.4 Å². The Kier molecular flexibility index (Phi) is 6.04. The van der Waals surface area contributed by atoms with Crippen LogP contribution in [0.5, 0.6) is 0 Å². The SMILES string of the molecule is CCn1cc(CN2CCCN(C(=O)CCc3nc(-c4ccoc4)no3)CC2)cn1. The van der Waals surface area contributed by atoms with Crippen molar-refractivity contribution >= 4 is 5.91 Å². The van der Waals surface area contributed by atoms with Crippen LogP contribution in [0, 0.1) is 0 Å². The molecular weight excluding hydrogens is 372 g/mol. The van der Waals surface area contributed by atoms with Gasteiger partial charge in [-0.25, -0.2) is 0 Å². The van der Waals surface area contributed by atoms with Gasteiger partial charge in [0.05, 0.1) is 18.0 Å². The normalized spacial score (nSPS) is 15.6. The molecule has 0 unspecified atom stereocenters. The van der Waals surface area contributed by atoms with Crippen LogP contribution in [0.2, 0.25) is 0 Å². The van der Waals surface area contributed by atoms with Crippen LogP contribution >= 0.6 is 0 Å². The van der Waals surface area contributed by atoms with Crippen molar-refractivity contribution in [2.75, 3.05) is 26.2 Å². The first kappa shape index (κ1) is 19.4. The highest BCUT2D eigenvalue weighted by atomic mass is 16.5. The van der Waals surface area contributed by atoms with E-state index < -0.39 is 0 Å². The van der Waals surface area contributed by atoms with Crippen molar-refractivity contribution in [1.82, 2.24) is 29.7 Å². The summed E-state index contributed by atoms with van der Waals surface area (Å²) in [6, 6.07) is 1.77. The minimum absolute atomic E-state index is 0.133. The molecular formula is C20H26N6O3. The molecule has 0 aliphatic carbocycles. The van der Waals surface area contributed by atoms with E-state index >= 15 is 0 Å². The van der Waals surface area contributed by atoms with E-state index in [1.165, 1.54) is 5.56 Å². The minimum Gasteiger partial charge on any atom is -0.472 e. The minimum atomic E-state index is 0.133. The Bertz CT molecular complexity index is 916. The van der Waals surface area contributed by atoms with Crippen LogP contribution in [-0.4, -0.2) is 61.8 Å². The van der Waals surface area contributed by atoms with Crippen LogP contribution in [0.25, 0.3) is 11.4 Å². The van der Waals surface area contributed by atoms with Crippen molar-refractivity contribution in [2.45, 2.75) is 39.3 Å². The van der Waals surface area contributed by atoms with Crippen molar-refractivity contribution in [1.29, 1.82) is 0 Å². The molecule has 9 nitrogen and oxygen atoms in total. The first-order valence-corrected chi connectivity index (χ1v) is 10.1. The van der Waals surface area contributed by atoms with Gasteiger partial charge < -0.3 is 13.8 Å². The predicted molar refractivity (Wildman–Crippen MR) is 105 cm³/mol. The molecule has 0 radical (unpaired) electrons. The summed E-state index contributed by atoms with van der Waals surface area (Å²) in [4.78, 5) is 21.3. The van der Waals surface area contributed by atoms with Gasteiger partial charge in [0.1, 0.15) is 6.26 Å². The van der Waals surface area contributed by atoms with E-state index in [1.807, 2.05) is 15.8 Å². The van der Waals surface area contributed by atoms with Crippen molar-refractivity contribution in [3.8, 4) is 11.4 Å². The van der Waals surface area contributed by atoms with Crippen molar-refractivity contribution < 1.29 is 13.7 Å². The van der Waals surface area contributed by atoms with Crippen molar-refractivity contribution in [3.05, 3.63) is 42.4 Å². The molecule has 0 saturated carbocycles. The molecule has 1 aliphatic rings. The molecule has 1 fully saturated rings. The molecule has 29 heavy (non-hydrogen) atoms. The monoisotopic (exact) mass is 398 g/mol. The third-order valence-corrected chi connectivity index (χ3v) is 5.16. The Labute approximate surface area is 169 Å². The largest absolute Gasteiger partial charge is 0.472 e. The number of amides is 1. The average Bonchev–Trinajstić information content (AvgIpc) is 3.47. The van der Waals surface area contributed by atoms with E-state index in [-0.39, 0.29) is 5.91 Å². The first-order chi connectivity index (χ1) is 14.2. The van der Waals surface area contributed by atoms with Crippen LogP contribution < -0.4 is 0 Å². The summed E-state index contributed by atoms with van der Waals surface area (Å²) in [5, 5.41) is 8.28. The zero-order valence-electron chi connectivity index (χ0n) is 16.7. The van der Waals surface area contributed by atoms with Gasteiger partial charge in [-0.2, -0.15) is 10.1 Å². The lowest BCUT2D eigenvalue weighted by molar-refractivity contribution is -0.131. The lowest BCUT2D eigenvalue weighted by Crippen LogP contribution is -2.35. The van der Waals surface area contributed by atoms with Gasteiger partial charge >= 0.3 is 0 Å². The Hall–Kier alpha value is -2.94. The summed E-state index contributed by atoms with van der Waals surface area (Å²) in [5.41, 5.74) is 1.99. The number of furan rings is 1. The van der Waals surface area contributed by atoms with Gasteiger partial charge in [-0.1, -0.05) is 5.16 Å². The van der Waals surface area contributed by atoms with E-state index in [9.17, 15) is 4.79 Å². The summed E-state index contributed by atoms with van der Waals surface area (Å²) in [6.45, 7) is 7.22. The molecule has 154 valence electrons. The predicted octanol–water partition coefficient (Wildman–Crippen LogP) is 2.21. The van der Waals surface area contributed by atoms with Gasteiger partial charge in [-0.15, -0.1) is 0 Å². The van der Waals surface area contributed by atoms with Crippen LogP contribution in [0.1, 0.15) is 31.2 Å². The van der Waals surface area contributed by atoms with E-state index in [0.717, 1.165) is 51.3 Å². The maximum Gasteiger partial charge on any atom is 0.227 e.